The zero-order chi connectivity index (χ0) is 18.5. The zero-order valence-electron chi connectivity index (χ0n) is 14.3. The molecule has 2 fully saturated rings. The van der Waals surface area contributed by atoms with Crippen LogP contribution < -0.4 is 4.74 Å². The molecule has 6 nitrogen and oxygen atoms in total. The van der Waals surface area contributed by atoms with Crippen molar-refractivity contribution in [1.29, 1.82) is 0 Å². The van der Waals surface area contributed by atoms with Crippen LogP contribution in [0.4, 0.5) is 4.79 Å². The predicted octanol–water partition coefficient (Wildman–Crippen LogP) is 2.91. The van der Waals surface area contributed by atoms with E-state index in [4.69, 9.17) is 4.74 Å². The molecule has 0 unspecified atom stereocenters. The molecule has 2 aliphatic rings. The molecule has 2 saturated heterocycles. The summed E-state index contributed by atoms with van der Waals surface area (Å²) in [6.45, 7) is 5.19. The number of benzene rings is 1. The average molecular weight is 372 g/mol. The van der Waals surface area contributed by atoms with Gasteiger partial charge in [0.2, 0.25) is 5.91 Å². The number of ether oxygens (including phenoxy) is 1. The van der Waals surface area contributed by atoms with Crippen molar-refractivity contribution in [2.24, 2.45) is 0 Å². The maximum Gasteiger partial charge on any atom is 0.294 e. The van der Waals surface area contributed by atoms with Crippen LogP contribution in [0.3, 0.4) is 0 Å². The summed E-state index contributed by atoms with van der Waals surface area (Å²) in [5.41, 5.74) is 0.753. The number of likely N-dealkylation sites (tertiary alicyclic amines) is 1. The summed E-state index contributed by atoms with van der Waals surface area (Å²) in [5.74, 6) is 0.0536. The van der Waals surface area contributed by atoms with Gasteiger partial charge >= 0.3 is 0 Å². The van der Waals surface area contributed by atoms with E-state index in [1.807, 2.05) is 12.1 Å². The summed E-state index contributed by atoms with van der Waals surface area (Å²) >= 11 is 0.856. The first kappa shape index (κ1) is 18.3. The third-order valence-corrected chi connectivity index (χ3v) is 5.06. The van der Waals surface area contributed by atoms with Gasteiger partial charge in [-0.25, -0.2) is 0 Å². The van der Waals surface area contributed by atoms with Gasteiger partial charge in [-0.15, -0.1) is 0 Å². The molecular weight excluding hydrogens is 352 g/mol. The van der Waals surface area contributed by atoms with Crippen molar-refractivity contribution in [3.8, 4) is 5.75 Å². The van der Waals surface area contributed by atoms with E-state index in [1.165, 1.54) is 0 Å². The van der Waals surface area contributed by atoms with Gasteiger partial charge < -0.3 is 9.64 Å². The Bertz CT molecular complexity index is 769. The van der Waals surface area contributed by atoms with Crippen LogP contribution in [0.25, 0.3) is 6.08 Å². The van der Waals surface area contributed by atoms with E-state index in [1.54, 1.807) is 29.2 Å². The first-order chi connectivity index (χ1) is 12.6. The average Bonchev–Trinajstić information content (AvgIpc) is 3.25. The highest BCUT2D eigenvalue weighted by Crippen LogP contribution is 2.32. The molecular formula is C19H20N2O4S. The van der Waals surface area contributed by atoms with Crippen LogP contribution >= 0.6 is 11.8 Å². The van der Waals surface area contributed by atoms with Gasteiger partial charge in [0.25, 0.3) is 11.1 Å². The summed E-state index contributed by atoms with van der Waals surface area (Å²) in [7, 11) is 0. The Kier molecular flexibility index (Phi) is 5.78. The molecule has 0 spiro atoms. The lowest BCUT2D eigenvalue weighted by Gasteiger charge is -2.18. The zero-order valence-corrected chi connectivity index (χ0v) is 15.2. The van der Waals surface area contributed by atoms with Crippen LogP contribution in [0.5, 0.6) is 5.75 Å². The third-order valence-electron chi connectivity index (χ3n) is 4.15. The quantitative estimate of drug-likeness (QED) is 0.567. The molecule has 3 rings (SSSR count). The summed E-state index contributed by atoms with van der Waals surface area (Å²) in [6.07, 6.45) is 5.23. The molecule has 0 N–H and O–H groups in total. The predicted molar refractivity (Wildman–Crippen MR) is 101 cm³/mol. The molecule has 26 heavy (non-hydrogen) atoms. The number of imide groups is 1. The number of hydrogen-bond acceptors (Lipinski definition) is 5. The first-order valence-corrected chi connectivity index (χ1v) is 9.27. The van der Waals surface area contributed by atoms with Crippen LogP contribution in [-0.2, 0) is 9.59 Å². The third kappa shape index (κ3) is 4.16. The lowest BCUT2D eigenvalue weighted by Crippen LogP contribution is -2.40. The minimum absolute atomic E-state index is 0.175. The molecule has 2 heterocycles. The van der Waals surface area contributed by atoms with Crippen LogP contribution in [0, 0.1) is 0 Å². The van der Waals surface area contributed by atoms with Gasteiger partial charge in [-0.3, -0.25) is 19.3 Å². The molecule has 0 aromatic heterocycles. The Morgan fingerprint density at radius 1 is 1.27 bits per heavy atom. The largest absolute Gasteiger partial charge is 0.490 e. The highest BCUT2D eigenvalue weighted by atomic mass is 32.2. The van der Waals surface area contributed by atoms with Crippen molar-refractivity contribution in [2.75, 3.05) is 26.2 Å². The Morgan fingerprint density at radius 2 is 2.04 bits per heavy atom. The van der Waals surface area contributed by atoms with E-state index in [0.29, 0.717) is 30.4 Å². The van der Waals surface area contributed by atoms with E-state index in [2.05, 4.69) is 6.58 Å². The van der Waals surface area contributed by atoms with Crippen molar-refractivity contribution in [2.45, 2.75) is 12.8 Å². The lowest BCUT2D eigenvalue weighted by atomic mass is 10.2. The fourth-order valence-corrected chi connectivity index (χ4v) is 3.68. The van der Waals surface area contributed by atoms with Crippen molar-refractivity contribution < 1.29 is 19.1 Å². The van der Waals surface area contributed by atoms with E-state index in [9.17, 15) is 14.4 Å². The summed E-state index contributed by atoms with van der Waals surface area (Å²) < 4.78 is 5.47. The van der Waals surface area contributed by atoms with Crippen LogP contribution in [0.15, 0.2) is 41.8 Å². The molecule has 1 aromatic rings. The van der Waals surface area contributed by atoms with Gasteiger partial charge in [0, 0.05) is 13.1 Å². The van der Waals surface area contributed by atoms with E-state index < -0.39 is 11.1 Å². The minimum atomic E-state index is -0.426. The van der Waals surface area contributed by atoms with Crippen LogP contribution in [-0.4, -0.2) is 53.1 Å². The summed E-state index contributed by atoms with van der Waals surface area (Å²) in [6, 6.07) is 7.23. The SMILES string of the molecule is C=CCOc1cccc(/C=C2\SC(=O)N(CC(=O)N3CCCC3)C2=O)c1. The molecule has 2 aliphatic heterocycles. The van der Waals surface area contributed by atoms with E-state index in [-0.39, 0.29) is 12.5 Å². The Hall–Kier alpha value is -2.54. The standard InChI is InChI=1S/C19H20N2O4S/c1-2-10-25-15-7-5-6-14(11-15)12-16-18(23)21(19(24)26-16)13-17(22)20-8-3-4-9-20/h2,5-7,11-12H,1,3-4,8-10,13H2/b16-12-. The maximum atomic E-state index is 12.5. The molecule has 0 radical (unpaired) electrons. The topological polar surface area (TPSA) is 66.9 Å². The number of carbonyl (C=O) groups is 3. The van der Waals surface area contributed by atoms with E-state index >= 15 is 0 Å². The summed E-state index contributed by atoms with van der Waals surface area (Å²) in [4.78, 5) is 40.0. The maximum absolute atomic E-state index is 12.5. The highest BCUT2D eigenvalue weighted by Gasteiger charge is 2.37. The highest BCUT2D eigenvalue weighted by molar-refractivity contribution is 8.18. The Balaban J connectivity index is 1.70. The minimum Gasteiger partial charge on any atom is -0.490 e. The van der Waals surface area contributed by atoms with E-state index in [0.717, 1.165) is 35.1 Å². The molecule has 0 aliphatic carbocycles. The molecule has 7 heteroatoms. The second kappa shape index (κ2) is 8.23. The van der Waals surface area contributed by atoms with Gasteiger partial charge in [-0.1, -0.05) is 24.8 Å². The van der Waals surface area contributed by atoms with Crippen molar-refractivity contribution in [1.82, 2.24) is 9.80 Å². The Labute approximate surface area is 156 Å². The number of hydrogen-bond donors (Lipinski definition) is 0. The monoisotopic (exact) mass is 372 g/mol. The fourth-order valence-electron chi connectivity index (χ4n) is 2.84. The van der Waals surface area contributed by atoms with Crippen molar-refractivity contribution >= 4 is 34.9 Å². The van der Waals surface area contributed by atoms with Crippen molar-refractivity contribution in [3.63, 3.8) is 0 Å². The second-order valence-electron chi connectivity index (χ2n) is 6.03. The number of carbonyl (C=O) groups excluding carboxylic acids is 3. The molecule has 0 saturated carbocycles. The lowest BCUT2D eigenvalue weighted by molar-refractivity contribution is -0.135. The summed E-state index contributed by atoms with van der Waals surface area (Å²) in [5, 5.41) is -0.409. The Morgan fingerprint density at radius 3 is 2.77 bits per heavy atom. The molecule has 0 atom stereocenters. The molecule has 0 bridgehead atoms. The second-order valence-corrected chi connectivity index (χ2v) is 7.02. The molecule has 1 aromatic carbocycles. The number of amides is 3. The normalized spacial score (nSPS) is 18.7. The smallest absolute Gasteiger partial charge is 0.294 e. The van der Waals surface area contributed by atoms with Gasteiger partial charge in [0.05, 0.1) is 4.91 Å². The fraction of sp³-hybridized carbons (Fsp3) is 0.316. The van der Waals surface area contributed by atoms with Gasteiger partial charge in [0.15, 0.2) is 0 Å². The van der Waals surface area contributed by atoms with Gasteiger partial charge in [-0.05, 0) is 48.4 Å². The first-order valence-electron chi connectivity index (χ1n) is 8.45. The van der Waals surface area contributed by atoms with Crippen LogP contribution in [0.1, 0.15) is 18.4 Å². The number of thioether (sulfide) groups is 1. The molecule has 3 amide bonds. The van der Waals surface area contributed by atoms with Crippen LogP contribution in [0.2, 0.25) is 0 Å². The molecule has 136 valence electrons. The van der Waals surface area contributed by atoms with Gasteiger partial charge in [0.1, 0.15) is 18.9 Å². The van der Waals surface area contributed by atoms with Crippen molar-refractivity contribution in [3.05, 3.63) is 47.4 Å². The number of nitrogens with zero attached hydrogens (tertiary/aromatic N) is 2. The van der Waals surface area contributed by atoms with Gasteiger partial charge in [-0.2, -0.15) is 0 Å². The number of rotatable bonds is 6.